The SMILES string of the molecule is CCOc1cc(C(=O)Nc2ccc3oc(-c4ccc(F)cc4)nc3c2)cc(OCC)c1OCC. The smallest absolute Gasteiger partial charge is 0.255 e. The van der Waals surface area contributed by atoms with Crippen molar-refractivity contribution >= 4 is 22.7 Å². The van der Waals surface area contributed by atoms with Gasteiger partial charge >= 0.3 is 0 Å². The molecule has 0 saturated carbocycles. The monoisotopic (exact) mass is 464 g/mol. The van der Waals surface area contributed by atoms with E-state index in [1.807, 2.05) is 20.8 Å². The summed E-state index contributed by atoms with van der Waals surface area (Å²) < 4.78 is 36.1. The lowest BCUT2D eigenvalue weighted by atomic mass is 10.1. The van der Waals surface area contributed by atoms with Crippen molar-refractivity contribution < 1.29 is 27.8 Å². The minimum Gasteiger partial charge on any atom is -0.490 e. The summed E-state index contributed by atoms with van der Waals surface area (Å²) in [7, 11) is 0. The Kier molecular flexibility index (Phi) is 6.96. The van der Waals surface area contributed by atoms with E-state index in [-0.39, 0.29) is 11.7 Å². The highest BCUT2D eigenvalue weighted by Crippen LogP contribution is 2.39. The molecule has 4 aromatic rings. The van der Waals surface area contributed by atoms with Crippen molar-refractivity contribution in [2.75, 3.05) is 25.1 Å². The zero-order valence-corrected chi connectivity index (χ0v) is 19.2. The van der Waals surface area contributed by atoms with Gasteiger partial charge in [0.05, 0.1) is 19.8 Å². The number of benzene rings is 3. The van der Waals surface area contributed by atoms with E-state index < -0.39 is 0 Å². The number of aromatic nitrogens is 1. The van der Waals surface area contributed by atoms with Gasteiger partial charge in [-0.3, -0.25) is 4.79 Å². The number of nitrogens with zero attached hydrogens (tertiary/aromatic N) is 1. The lowest BCUT2D eigenvalue weighted by Crippen LogP contribution is -2.13. The fourth-order valence-corrected chi connectivity index (χ4v) is 3.44. The van der Waals surface area contributed by atoms with Crippen LogP contribution in [0.3, 0.4) is 0 Å². The molecule has 1 heterocycles. The second kappa shape index (κ2) is 10.2. The van der Waals surface area contributed by atoms with Gasteiger partial charge < -0.3 is 23.9 Å². The topological polar surface area (TPSA) is 82.8 Å². The number of fused-ring (bicyclic) bond motifs is 1. The van der Waals surface area contributed by atoms with Crippen molar-refractivity contribution in [3.05, 3.63) is 66.0 Å². The summed E-state index contributed by atoms with van der Waals surface area (Å²) in [6.45, 7) is 6.84. The Hall–Kier alpha value is -4.07. The summed E-state index contributed by atoms with van der Waals surface area (Å²) in [6, 6.07) is 14.3. The molecule has 34 heavy (non-hydrogen) atoms. The highest BCUT2D eigenvalue weighted by Gasteiger charge is 2.19. The van der Waals surface area contributed by atoms with Crippen molar-refractivity contribution in [1.82, 2.24) is 4.98 Å². The molecule has 0 atom stereocenters. The molecule has 8 heteroatoms. The van der Waals surface area contributed by atoms with E-state index in [2.05, 4.69) is 10.3 Å². The molecule has 0 bridgehead atoms. The number of carbonyl (C=O) groups excluding carboxylic acids is 1. The van der Waals surface area contributed by atoms with Crippen molar-refractivity contribution in [2.24, 2.45) is 0 Å². The van der Waals surface area contributed by atoms with Crippen molar-refractivity contribution in [3.8, 4) is 28.7 Å². The van der Waals surface area contributed by atoms with Gasteiger partial charge in [-0.05, 0) is 75.4 Å². The third kappa shape index (κ3) is 4.96. The van der Waals surface area contributed by atoms with E-state index in [1.54, 1.807) is 42.5 Å². The van der Waals surface area contributed by atoms with E-state index in [9.17, 15) is 9.18 Å². The molecule has 7 nitrogen and oxygen atoms in total. The molecule has 0 aliphatic rings. The maximum atomic E-state index is 13.2. The number of ether oxygens (including phenoxy) is 3. The number of rotatable bonds is 9. The second-order valence-electron chi connectivity index (χ2n) is 7.26. The van der Waals surface area contributed by atoms with Gasteiger partial charge in [0.15, 0.2) is 17.1 Å². The van der Waals surface area contributed by atoms with Gasteiger partial charge in [0, 0.05) is 16.8 Å². The van der Waals surface area contributed by atoms with Crippen LogP contribution >= 0.6 is 0 Å². The van der Waals surface area contributed by atoms with Gasteiger partial charge in [-0.2, -0.15) is 0 Å². The fourth-order valence-electron chi connectivity index (χ4n) is 3.44. The molecule has 1 amide bonds. The highest BCUT2D eigenvalue weighted by molar-refractivity contribution is 6.05. The Morgan fingerprint density at radius 1 is 0.912 bits per heavy atom. The highest BCUT2D eigenvalue weighted by atomic mass is 19.1. The van der Waals surface area contributed by atoms with Crippen LogP contribution in [-0.2, 0) is 0 Å². The number of halogens is 1. The number of nitrogens with one attached hydrogen (secondary N) is 1. The van der Waals surface area contributed by atoms with Crippen LogP contribution in [0.1, 0.15) is 31.1 Å². The molecule has 4 rings (SSSR count). The standard InChI is InChI=1S/C26H25FN2O5/c1-4-31-22-13-17(14-23(32-5-2)24(22)33-6-3)25(30)28-19-11-12-21-20(15-19)29-26(34-21)16-7-9-18(27)10-8-16/h7-15H,4-6H2,1-3H3,(H,28,30). The Morgan fingerprint density at radius 2 is 1.56 bits per heavy atom. The third-order valence-electron chi connectivity index (χ3n) is 4.91. The molecule has 0 saturated heterocycles. The first-order valence-corrected chi connectivity index (χ1v) is 11.1. The van der Waals surface area contributed by atoms with Gasteiger partial charge in [-0.1, -0.05) is 0 Å². The molecule has 3 aromatic carbocycles. The minimum atomic E-state index is -0.341. The van der Waals surface area contributed by atoms with Crippen LogP contribution in [0.25, 0.3) is 22.6 Å². The summed E-state index contributed by atoms with van der Waals surface area (Å²) in [5.41, 5.74) is 2.68. The average molecular weight is 464 g/mol. The normalized spacial score (nSPS) is 10.8. The van der Waals surface area contributed by atoms with Crippen LogP contribution in [0.15, 0.2) is 59.0 Å². The number of oxazole rings is 1. The predicted molar refractivity (Wildman–Crippen MR) is 127 cm³/mol. The van der Waals surface area contributed by atoms with Gasteiger partial charge in [0.1, 0.15) is 11.3 Å². The van der Waals surface area contributed by atoms with Crippen LogP contribution in [0.2, 0.25) is 0 Å². The first-order chi connectivity index (χ1) is 16.5. The summed E-state index contributed by atoms with van der Waals surface area (Å²) >= 11 is 0. The second-order valence-corrected chi connectivity index (χ2v) is 7.26. The Balaban J connectivity index is 1.61. The number of amides is 1. The van der Waals surface area contributed by atoms with Gasteiger partial charge in [0.25, 0.3) is 5.91 Å². The number of hydrogen-bond donors (Lipinski definition) is 1. The van der Waals surface area contributed by atoms with E-state index in [4.69, 9.17) is 18.6 Å². The van der Waals surface area contributed by atoms with E-state index in [0.717, 1.165) is 0 Å². The third-order valence-corrected chi connectivity index (χ3v) is 4.91. The minimum absolute atomic E-state index is 0.334. The molecule has 0 radical (unpaired) electrons. The molecule has 176 valence electrons. The van der Waals surface area contributed by atoms with Gasteiger partial charge in [0.2, 0.25) is 11.6 Å². The van der Waals surface area contributed by atoms with Crippen molar-refractivity contribution in [3.63, 3.8) is 0 Å². The number of carbonyl (C=O) groups is 1. The molecule has 0 spiro atoms. The van der Waals surface area contributed by atoms with Gasteiger partial charge in [-0.25, -0.2) is 9.37 Å². The molecular weight excluding hydrogens is 439 g/mol. The molecule has 1 N–H and O–H groups in total. The van der Waals surface area contributed by atoms with Crippen molar-refractivity contribution in [2.45, 2.75) is 20.8 Å². The molecule has 1 aromatic heterocycles. The zero-order chi connectivity index (χ0) is 24.1. The van der Waals surface area contributed by atoms with Crippen LogP contribution in [0, 0.1) is 5.82 Å². The van der Waals surface area contributed by atoms with E-state index in [1.165, 1.54) is 12.1 Å². The lowest BCUT2D eigenvalue weighted by molar-refractivity contribution is 0.102. The Morgan fingerprint density at radius 3 is 2.18 bits per heavy atom. The van der Waals surface area contributed by atoms with Crippen LogP contribution in [0.5, 0.6) is 17.2 Å². The van der Waals surface area contributed by atoms with Crippen LogP contribution < -0.4 is 19.5 Å². The number of anilines is 1. The molecule has 0 unspecified atom stereocenters. The van der Waals surface area contributed by atoms with Crippen LogP contribution in [-0.4, -0.2) is 30.7 Å². The molecular formula is C26H25FN2O5. The fraction of sp³-hybridized carbons (Fsp3) is 0.231. The maximum absolute atomic E-state index is 13.2. The Labute approximate surface area is 196 Å². The lowest BCUT2D eigenvalue weighted by Gasteiger charge is -2.17. The zero-order valence-electron chi connectivity index (χ0n) is 19.2. The summed E-state index contributed by atoms with van der Waals surface area (Å²) in [5, 5.41) is 2.87. The molecule has 0 aliphatic carbocycles. The van der Waals surface area contributed by atoms with Gasteiger partial charge in [-0.15, -0.1) is 0 Å². The van der Waals surface area contributed by atoms with Crippen molar-refractivity contribution in [1.29, 1.82) is 0 Å². The number of hydrogen-bond acceptors (Lipinski definition) is 6. The van der Waals surface area contributed by atoms with E-state index >= 15 is 0 Å². The summed E-state index contributed by atoms with van der Waals surface area (Å²) in [6.07, 6.45) is 0. The maximum Gasteiger partial charge on any atom is 0.255 e. The quantitative estimate of drug-likeness (QED) is 0.323. The first kappa shape index (κ1) is 23.1. The largest absolute Gasteiger partial charge is 0.490 e. The molecule has 0 aliphatic heterocycles. The average Bonchev–Trinajstić information content (AvgIpc) is 3.25. The Bertz CT molecular complexity index is 1270. The summed E-state index contributed by atoms with van der Waals surface area (Å²) in [4.78, 5) is 17.5. The van der Waals surface area contributed by atoms with Crippen LogP contribution in [0.4, 0.5) is 10.1 Å². The molecule has 0 fully saturated rings. The summed E-state index contributed by atoms with van der Waals surface area (Å²) in [5.74, 6) is 1.05. The van der Waals surface area contributed by atoms with E-state index in [0.29, 0.717) is 70.9 Å². The first-order valence-electron chi connectivity index (χ1n) is 11.1. The predicted octanol–water partition coefficient (Wildman–Crippen LogP) is 6.08.